The van der Waals surface area contributed by atoms with E-state index in [0.29, 0.717) is 0 Å². The van der Waals surface area contributed by atoms with E-state index in [-0.39, 0.29) is 35.4 Å². The van der Waals surface area contributed by atoms with Gasteiger partial charge in [-0.15, -0.1) is 24.0 Å². The van der Waals surface area contributed by atoms with Crippen molar-refractivity contribution in [1.82, 2.24) is 25.4 Å². The fourth-order valence-electron chi connectivity index (χ4n) is 3.83. The van der Waals surface area contributed by atoms with E-state index in [9.17, 15) is 0 Å². The first kappa shape index (κ1) is 21.4. The number of benzene rings is 1. The molecule has 1 atom stereocenters. The molecule has 8 heteroatoms. The van der Waals surface area contributed by atoms with E-state index in [0.717, 1.165) is 67.9 Å². The average molecular weight is 515 g/mol. The first-order valence-electron chi connectivity index (χ1n) is 9.82. The molecule has 2 aromatic rings. The molecule has 152 valence electrons. The molecular formula is C20H28ClIN6. The highest BCUT2D eigenvalue weighted by Crippen LogP contribution is 2.48. The van der Waals surface area contributed by atoms with E-state index in [4.69, 9.17) is 16.6 Å². The number of nitrogens with one attached hydrogen (secondary N) is 2. The first-order chi connectivity index (χ1) is 13.1. The van der Waals surface area contributed by atoms with Crippen LogP contribution in [0.25, 0.3) is 0 Å². The Morgan fingerprint density at radius 2 is 2.21 bits per heavy atom. The fraction of sp³-hybridized carbons (Fsp3) is 0.550. The molecule has 0 bridgehead atoms. The number of guanidine groups is 1. The second kappa shape index (κ2) is 8.98. The molecule has 1 aromatic heterocycles. The summed E-state index contributed by atoms with van der Waals surface area (Å²) >= 11 is 6.19. The van der Waals surface area contributed by atoms with Gasteiger partial charge in [-0.25, -0.2) is 9.67 Å². The molecule has 2 heterocycles. The maximum absolute atomic E-state index is 6.19. The molecule has 28 heavy (non-hydrogen) atoms. The van der Waals surface area contributed by atoms with Crippen LogP contribution in [0, 0.1) is 6.92 Å². The van der Waals surface area contributed by atoms with Crippen LogP contribution < -0.4 is 10.6 Å². The van der Waals surface area contributed by atoms with Gasteiger partial charge in [-0.1, -0.05) is 23.7 Å². The Hall–Kier alpha value is -1.35. The maximum Gasteiger partial charge on any atom is 0.191 e. The van der Waals surface area contributed by atoms with Crippen molar-refractivity contribution in [1.29, 1.82) is 0 Å². The van der Waals surface area contributed by atoms with Gasteiger partial charge in [-0.05, 0) is 57.2 Å². The summed E-state index contributed by atoms with van der Waals surface area (Å²) in [6, 6.07) is 8.36. The van der Waals surface area contributed by atoms with Crippen LogP contribution in [0.1, 0.15) is 55.9 Å². The number of halogens is 2. The average Bonchev–Trinajstić information content (AvgIpc) is 3.34. The smallest absolute Gasteiger partial charge is 0.191 e. The molecule has 0 amide bonds. The third-order valence-electron chi connectivity index (χ3n) is 5.47. The summed E-state index contributed by atoms with van der Waals surface area (Å²) < 4.78 is 2.02. The SMILES string of the molecule is CCNC(=NCC1(c2cccc(Cl)c2)CC1)NC1CCCn2nc(C)nc21.I. The number of hydrogen-bond acceptors (Lipinski definition) is 3. The van der Waals surface area contributed by atoms with Gasteiger partial charge in [-0.3, -0.25) is 4.99 Å². The number of hydrogen-bond donors (Lipinski definition) is 2. The lowest BCUT2D eigenvalue weighted by atomic mass is 9.96. The van der Waals surface area contributed by atoms with Crippen molar-refractivity contribution < 1.29 is 0 Å². The van der Waals surface area contributed by atoms with Crippen molar-refractivity contribution >= 4 is 41.5 Å². The second-order valence-electron chi connectivity index (χ2n) is 7.57. The van der Waals surface area contributed by atoms with E-state index in [1.807, 2.05) is 23.7 Å². The van der Waals surface area contributed by atoms with Gasteiger partial charge in [0, 0.05) is 23.5 Å². The van der Waals surface area contributed by atoms with Crippen molar-refractivity contribution in [2.24, 2.45) is 4.99 Å². The standard InChI is InChI=1S/C20H27ClN6.HI/c1-3-22-19(25-17-8-5-11-27-18(17)24-14(2)26-27)23-13-20(9-10-20)15-6-4-7-16(21)12-15;/h4,6-7,12,17H,3,5,8-11,13H2,1-2H3,(H2,22,23,25);1H. The minimum Gasteiger partial charge on any atom is -0.357 e. The Morgan fingerprint density at radius 3 is 2.93 bits per heavy atom. The highest BCUT2D eigenvalue weighted by molar-refractivity contribution is 14.0. The molecule has 0 radical (unpaired) electrons. The highest BCUT2D eigenvalue weighted by atomic mass is 127. The zero-order chi connectivity index (χ0) is 18.9. The van der Waals surface area contributed by atoms with Crippen molar-refractivity contribution in [3.8, 4) is 0 Å². The molecule has 1 saturated carbocycles. The summed E-state index contributed by atoms with van der Waals surface area (Å²) in [5.74, 6) is 2.70. The zero-order valence-corrected chi connectivity index (χ0v) is 19.5. The molecule has 1 unspecified atom stereocenters. The number of aryl methyl sites for hydroxylation is 2. The summed E-state index contributed by atoms with van der Waals surface area (Å²) in [7, 11) is 0. The lowest BCUT2D eigenvalue weighted by Crippen LogP contribution is -2.42. The van der Waals surface area contributed by atoms with Gasteiger partial charge in [0.05, 0.1) is 12.6 Å². The van der Waals surface area contributed by atoms with Gasteiger partial charge >= 0.3 is 0 Å². The van der Waals surface area contributed by atoms with Gasteiger partial charge in [0.1, 0.15) is 11.6 Å². The molecule has 4 rings (SSSR count). The third kappa shape index (κ3) is 4.62. The highest BCUT2D eigenvalue weighted by Gasteiger charge is 2.44. The maximum atomic E-state index is 6.19. The van der Waals surface area contributed by atoms with Gasteiger partial charge in [-0.2, -0.15) is 5.10 Å². The van der Waals surface area contributed by atoms with E-state index >= 15 is 0 Å². The van der Waals surface area contributed by atoms with E-state index in [2.05, 4.69) is 39.8 Å². The molecule has 6 nitrogen and oxygen atoms in total. The topological polar surface area (TPSA) is 67.1 Å². The van der Waals surface area contributed by atoms with E-state index in [1.54, 1.807) is 0 Å². The molecule has 2 aliphatic rings. The number of fused-ring (bicyclic) bond motifs is 1. The Balaban J connectivity index is 0.00000225. The Kier molecular flexibility index (Phi) is 6.85. The number of aromatic nitrogens is 3. The summed E-state index contributed by atoms with van der Waals surface area (Å²) in [6.07, 6.45) is 4.46. The van der Waals surface area contributed by atoms with Crippen molar-refractivity contribution in [3.05, 3.63) is 46.5 Å². The fourth-order valence-corrected chi connectivity index (χ4v) is 4.02. The van der Waals surface area contributed by atoms with Crippen molar-refractivity contribution in [2.45, 2.75) is 57.5 Å². The normalized spacial score (nSPS) is 20.1. The van der Waals surface area contributed by atoms with Crippen LogP contribution in [0.2, 0.25) is 5.02 Å². The van der Waals surface area contributed by atoms with Crippen LogP contribution in [0.5, 0.6) is 0 Å². The molecular weight excluding hydrogens is 487 g/mol. The second-order valence-corrected chi connectivity index (χ2v) is 8.00. The minimum atomic E-state index is 0. The zero-order valence-electron chi connectivity index (χ0n) is 16.4. The van der Waals surface area contributed by atoms with Crippen LogP contribution >= 0.6 is 35.6 Å². The van der Waals surface area contributed by atoms with Crippen molar-refractivity contribution in [2.75, 3.05) is 13.1 Å². The van der Waals surface area contributed by atoms with Crippen LogP contribution in [0.4, 0.5) is 0 Å². The van der Waals surface area contributed by atoms with Gasteiger partial charge < -0.3 is 10.6 Å². The number of rotatable bonds is 5. The molecule has 1 aliphatic carbocycles. The summed E-state index contributed by atoms with van der Waals surface area (Å²) in [5, 5.41) is 12.3. The molecule has 0 saturated heterocycles. The molecule has 0 spiro atoms. The van der Waals surface area contributed by atoms with Crippen molar-refractivity contribution in [3.63, 3.8) is 0 Å². The van der Waals surface area contributed by atoms with Crippen LogP contribution in [-0.2, 0) is 12.0 Å². The Bertz CT molecular complexity index is 845. The van der Waals surface area contributed by atoms with Gasteiger partial charge in [0.25, 0.3) is 0 Å². The number of nitrogens with zero attached hydrogens (tertiary/aromatic N) is 4. The lowest BCUT2D eigenvalue weighted by molar-refractivity contribution is 0.397. The quantitative estimate of drug-likeness (QED) is 0.360. The van der Waals surface area contributed by atoms with E-state index < -0.39 is 0 Å². The minimum absolute atomic E-state index is 0. The van der Waals surface area contributed by atoms with E-state index in [1.165, 1.54) is 5.56 Å². The van der Waals surface area contributed by atoms with Crippen LogP contribution in [0.3, 0.4) is 0 Å². The Labute approximate surface area is 188 Å². The summed E-state index contributed by atoms with van der Waals surface area (Å²) in [4.78, 5) is 9.54. The largest absolute Gasteiger partial charge is 0.357 e. The van der Waals surface area contributed by atoms with Crippen LogP contribution in [0.15, 0.2) is 29.3 Å². The first-order valence-corrected chi connectivity index (χ1v) is 10.2. The predicted molar refractivity (Wildman–Crippen MR) is 124 cm³/mol. The third-order valence-corrected chi connectivity index (χ3v) is 5.70. The molecule has 1 aliphatic heterocycles. The summed E-state index contributed by atoms with van der Waals surface area (Å²) in [5.41, 5.74) is 1.43. The van der Waals surface area contributed by atoms with Crippen LogP contribution in [-0.4, -0.2) is 33.8 Å². The Morgan fingerprint density at radius 1 is 1.39 bits per heavy atom. The lowest BCUT2D eigenvalue weighted by Gasteiger charge is -2.25. The molecule has 1 aromatic carbocycles. The molecule has 1 fully saturated rings. The number of aliphatic imine (C=N–C) groups is 1. The predicted octanol–water partition coefficient (Wildman–Crippen LogP) is 3.98. The monoisotopic (exact) mass is 514 g/mol. The van der Waals surface area contributed by atoms with Gasteiger partial charge in [0.15, 0.2) is 5.96 Å². The summed E-state index contributed by atoms with van der Waals surface area (Å²) in [6.45, 7) is 6.58. The van der Waals surface area contributed by atoms with Gasteiger partial charge in [0.2, 0.25) is 0 Å². The molecule has 2 N–H and O–H groups in total.